The summed E-state index contributed by atoms with van der Waals surface area (Å²) in [7, 11) is 0. The topological polar surface area (TPSA) is 50.1 Å². The lowest BCUT2D eigenvalue weighted by atomic mass is 10.4. The Hall–Kier alpha value is -1.03. The lowest BCUT2D eigenvalue weighted by Crippen LogP contribution is -2.15. The van der Waals surface area contributed by atoms with Crippen molar-refractivity contribution in [3.05, 3.63) is 12.0 Å². The molecule has 0 amide bonds. The molecule has 1 aliphatic carbocycles. The van der Waals surface area contributed by atoms with Gasteiger partial charge in [0, 0.05) is 19.1 Å². The summed E-state index contributed by atoms with van der Waals surface area (Å²) >= 11 is 0. The summed E-state index contributed by atoms with van der Waals surface area (Å²) in [5, 5.41) is 6.50. The molecule has 0 unspecified atom stereocenters. The zero-order valence-electron chi connectivity index (χ0n) is 8.55. The van der Waals surface area contributed by atoms with Crippen molar-refractivity contribution in [2.75, 3.05) is 11.9 Å². The minimum Gasteiger partial charge on any atom is -0.432 e. The molecule has 0 aromatic carbocycles. The maximum Gasteiger partial charge on any atom is 0.294 e. The second kappa shape index (κ2) is 4.46. The number of rotatable bonds is 6. The van der Waals surface area contributed by atoms with Gasteiger partial charge in [-0.2, -0.15) is 4.98 Å². The van der Waals surface area contributed by atoms with E-state index in [1.165, 1.54) is 12.8 Å². The Kier molecular flexibility index (Phi) is 3.03. The van der Waals surface area contributed by atoms with Gasteiger partial charge in [-0.15, -0.1) is 0 Å². The van der Waals surface area contributed by atoms with Gasteiger partial charge in [0.1, 0.15) is 6.26 Å². The van der Waals surface area contributed by atoms with Crippen molar-refractivity contribution in [3.8, 4) is 0 Å². The Morgan fingerprint density at radius 2 is 2.43 bits per heavy atom. The fourth-order valence-corrected chi connectivity index (χ4v) is 1.24. The molecule has 0 aliphatic heterocycles. The molecule has 1 saturated carbocycles. The van der Waals surface area contributed by atoms with Gasteiger partial charge >= 0.3 is 0 Å². The molecule has 1 aliphatic rings. The number of hydrogen-bond donors (Lipinski definition) is 2. The maximum atomic E-state index is 5.26. The smallest absolute Gasteiger partial charge is 0.294 e. The van der Waals surface area contributed by atoms with E-state index >= 15 is 0 Å². The van der Waals surface area contributed by atoms with Crippen LogP contribution in [0.2, 0.25) is 0 Å². The first kappa shape index (κ1) is 9.52. The SMILES string of the molecule is CCCNc1nc(CNC2CC2)co1. The number of hydrogen-bond acceptors (Lipinski definition) is 4. The summed E-state index contributed by atoms with van der Waals surface area (Å²) in [5.74, 6) is 0. The molecule has 0 spiro atoms. The van der Waals surface area contributed by atoms with E-state index in [-0.39, 0.29) is 0 Å². The van der Waals surface area contributed by atoms with Crippen LogP contribution in [-0.4, -0.2) is 17.6 Å². The summed E-state index contributed by atoms with van der Waals surface area (Å²) in [6.45, 7) is 3.85. The highest BCUT2D eigenvalue weighted by Crippen LogP contribution is 2.19. The standard InChI is InChI=1S/C10H17N3O/c1-2-5-11-10-13-9(7-14-10)6-12-8-3-4-8/h7-8,12H,2-6H2,1H3,(H,11,13). The zero-order chi connectivity index (χ0) is 9.80. The average molecular weight is 195 g/mol. The fraction of sp³-hybridized carbons (Fsp3) is 0.700. The number of nitrogens with zero attached hydrogens (tertiary/aromatic N) is 1. The van der Waals surface area contributed by atoms with Crippen LogP contribution in [0.5, 0.6) is 0 Å². The lowest BCUT2D eigenvalue weighted by molar-refractivity contribution is 0.566. The minimum atomic E-state index is 0.638. The quantitative estimate of drug-likeness (QED) is 0.726. The molecule has 78 valence electrons. The Labute approximate surface area is 84.1 Å². The van der Waals surface area contributed by atoms with Gasteiger partial charge in [-0.25, -0.2) is 0 Å². The van der Waals surface area contributed by atoms with Gasteiger partial charge in [-0.3, -0.25) is 0 Å². The van der Waals surface area contributed by atoms with Gasteiger partial charge in [0.2, 0.25) is 0 Å². The molecular weight excluding hydrogens is 178 g/mol. The van der Waals surface area contributed by atoms with E-state index < -0.39 is 0 Å². The highest BCUT2D eigenvalue weighted by atomic mass is 16.4. The van der Waals surface area contributed by atoms with Crippen molar-refractivity contribution >= 4 is 6.01 Å². The largest absolute Gasteiger partial charge is 0.432 e. The van der Waals surface area contributed by atoms with E-state index in [9.17, 15) is 0 Å². The predicted octanol–water partition coefficient (Wildman–Crippen LogP) is 1.75. The van der Waals surface area contributed by atoms with Gasteiger partial charge in [0.15, 0.2) is 0 Å². The van der Waals surface area contributed by atoms with Gasteiger partial charge in [0.25, 0.3) is 6.01 Å². The van der Waals surface area contributed by atoms with E-state index in [4.69, 9.17) is 4.42 Å². The van der Waals surface area contributed by atoms with Crippen molar-refractivity contribution in [1.82, 2.24) is 10.3 Å². The van der Waals surface area contributed by atoms with Crippen molar-refractivity contribution in [2.24, 2.45) is 0 Å². The van der Waals surface area contributed by atoms with Crippen LogP contribution in [0.1, 0.15) is 31.9 Å². The fourth-order valence-electron chi connectivity index (χ4n) is 1.24. The van der Waals surface area contributed by atoms with Crippen LogP contribution in [0.25, 0.3) is 0 Å². The van der Waals surface area contributed by atoms with Crippen molar-refractivity contribution < 1.29 is 4.42 Å². The van der Waals surface area contributed by atoms with Gasteiger partial charge in [-0.1, -0.05) is 6.92 Å². The molecule has 0 saturated heterocycles. The number of anilines is 1. The summed E-state index contributed by atoms with van der Waals surface area (Å²) in [5.41, 5.74) is 0.982. The molecule has 0 bridgehead atoms. The second-order valence-corrected chi connectivity index (χ2v) is 3.73. The molecule has 2 rings (SSSR count). The monoisotopic (exact) mass is 195 g/mol. The van der Waals surface area contributed by atoms with Crippen LogP contribution in [-0.2, 0) is 6.54 Å². The van der Waals surface area contributed by atoms with E-state index in [1.54, 1.807) is 6.26 Å². The second-order valence-electron chi connectivity index (χ2n) is 3.73. The molecule has 1 aromatic rings. The average Bonchev–Trinajstić information content (AvgIpc) is 2.92. The third kappa shape index (κ3) is 2.73. The minimum absolute atomic E-state index is 0.638. The third-order valence-electron chi connectivity index (χ3n) is 2.23. The molecule has 1 heterocycles. The highest BCUT2D eigenvalue weighted by molar-refractivity contribution is 5.20. The van der Waals surface area contributed by atoms with E-state index in [0.29, 0.717) is 6.01 Å². The van der Waals surface area contributed by atoms with Crippen LogP contribution >= 0.6 is 0 Å². The molecule has 1 aromatic heterocycles. The number of aromatic nitrogens is 1. The predicted molar refractivity (Wildman–Crippen MR) is 55.1 cm³/mol. The van der Waals surface area contributed by atoms with Crippen LogP contribution in [0.15, 0.2) is 10.7 Å². The summed E-state index contributed by atoms with van der Waals surface area (Å²) in [6.07, 6.45) is 5.41. The zero-order valence-corrected chi connectivity index (χ0v) is 8.55. The van der Waals surface area contributed by atoms with Crippen molar-refractivity contribution in [3.63, 3.8) is 0 Å². The third-order valence-corrected chi connectivity index (χ3v) is 2.23. The highest BCUT2D eigenvalue weighted by Gasteiger charge is 2.20. The van der Waals surface area contributed by atoms with Crippen LogP contribution in [0, 0.1) is 0 Å². The van der Waals surface area contributed by atoms with Gasteiger partial charge < -0.3 is 15.1 Å². The first-order valence-electron chi connectivity index (χ1n) is 5.30. The van der Waals surface area contributed by atoms with Crippen LogP contribution in [0.4, 0.5) is 6.01 Å². The Morgan fingerprint density at radius 1 is 1.57 bits per heavy atom. The van der Waals surface area contributed by atoms with E-state index in [1.807, 2.05) is 0 Å². The molecule has 2 N–H and O–H groups in total. The van der Waals surface area contributed by atoms with Crippen molar-refractivity contribution in [2.45, 2.75) is 38.8 Å². The lowest BCUT2D eigenvalue weighted by Gasteiger charge is -1.97. The molecular formula is C10H17N3O. The first-order valence-corrected chi connectivity index (χ1v) is 5.30. The first-order chi connectivity index (χ1) is 6.88. The molecule has 4 heteroatoms. The summed E-state index contributed by atoms with van der Waals surface area (Å²) < 4.78 is 5.26. The molecule has 0 radical (unpaired) electrons. The summed E-state index contributed by atoms with van der Waals surface area (Å²) in [4.78, 5) is 4.31. The Balaban J connectivity index is 1.76. The molecule has 4 nitrogen and oxygen atoms in total. The maximum absolute atomic E-state index is 5.26. The van der Waals surface area contributed by atoms with E-state index in [0.717, 1.165) is 31.2 Å². The molecule has 14 heavy (non-hydrogen) atoms. The number of oxazole rings is 1. The number of nitrogens with one attached hydrogen (secondary N) is 2. The van der Waals surface area contributed by atoms with Gasteiger partial charge in [0.05, 0.1) is 5.69 Å². The van der Waals surface area contributed by atoms with Crippen LogP contribution < -0.4 is 10.6 Å². The summed E-state index contributed by atoms with van der Waals surface area (Å²) in [6, 6.07) is 1.36. The Morgan fingerprint density at radius 3 is 3.14 bits per heavy atom. The molecule has 0 atom stereocenters. The van der Waals surface area contributed by atoms with Crippen molar-refractivity contribution in [1.29, 1.82) is 0 Å². The van der Waals surface area contributed by atoms with Gasteiger partial charge in [-0.05, 0) is 19.3 Å². The normalized spacial score (nSPS) is 15.8. The van der Waals surface area contributed by atoms with E-state index in [2.05, 4.69) is 22.5 Å². The molecule has 1 fully saturated rings. The van der Waals surface area contributed by atoms with Crippen LogP contribution in [0.3, 0.4) is 0 Å². The Bertz CT molecular complexity index is 281.